The molecule has 1 N–H and O–H groups in total. The number of rotatable bonds is 16. The van der Waals surface area contributed by atoms with Crippen molar-refractivity contribution in [3.05, 3.63) is 35.9 Å². The van der Waals surface area contributed by atoms with E-state index >= 15 is 0 Å². The van der Waals surface area contributed by atoms with Crippen LogP contribution in [0.1, 0.15) is 90.0 Å². The molecule has 0 heterocycles. The molecule has 0 aromatic heterocycles. The predicted molar refractivity (Wildman–Crippen MR) is 117 cm³/mol. The molecular formula is C23H42OS. The van der Waals surface area contributed by atoms with E-state index in [-0.39, 0.29) is 0 Å². The number of thioether (sulfide) groups is 1. The monoisotopic (exact) mass is 366 g/mol. The Kier molecular flexibility index (Phi) is 21.2. The molecule has 146 valence electrons. The minimum atomic E-state index is 0.346. The largest absolute Gasteiger partial charge is 0.396 e. The maximum atomic E-state index is 8.70. The highest BCUT2D eigenvalue weighted by atomic mass is 32.2. The van der Waals surface area contributed by atoms with Crippen molar-refractivity contribution in [1.82, 2.24) is 0 Å². The van der Waals surface area contributed by atoms with Gasteiger partial charge in [0.25, 0.3) is 0 Å². The van der Waals surface area contributed by atoms with Crippen molar-refractivity contribution in [3.8, 4) is 0 Å². The maximum Gasteiger partial charge on any atom is 0.0438 e. The highest BCUT2D eigenvalue weighted by Gasteiger charge is 1.95. The lowest BCUT2D eigenvalue weighted by atomic mass is 10.0. The number of aliphatic hydroxyl groups is 1. The number of hydrogen-bond acceptors (Lipinski definition) is 2. The average molecular weight is 367 g/mol. The Balaban J connectivity index is 0.00000277. The second kappa shape index (κ2) is 21.6. The van der Waals surface area contributed by atoms with Crippen molar-refractivity contribution in [1.29, 1.82) is 0 Å². The molecule has 0 saturated carbocycles. The number of unbranched alkanes of at least 4 members (excludes halogenated alkanes) is 9. The van der Waals surface area contributed by atoms with E-state index in [1.807, 2.05) is 25.6 Å². The predicted octanol–water partition coefficient (Wildman–Crippen LogP) is 7.27. The van der Waals surface area contributed by atoms with E-state index in [9.17, 15) is 0 Å². The summed E-state index contributed by atoms with van der Waals surface area (Å²) in [6, 6.07) is 10.9. The van der Waals surface area contributed by atoms with E-state index in [1.165, 1.54) is 81.9 Å². The van der Waals surface area contributed by atoms with E-state index < -0.39 is 0 Å². The summed E-state index contributed by atoms with van der Waals surface area (Å²) >= 11 is 2.00. The van der Waals surface area contributed by atoms with Crippen molar-refractivity contribution in [3.63, 3.8) is 0 Å². The van der Waals surface area contributed by atoms with Crippen LogP contribution in [0.4, 0.5) is 0 Å². The van der Waals surface area contributed by atoms with Crippen LogP contribution in [0.25, 0.3) is 0 Å². The Morgan fingerprint density at radius 2 is 1.12 bits per heavy atom. The van der Waals surface area contributed by atoms with Gasteiger partial charge in [-0.05, 0) is 42.8 Å². The summed E-state index contributed by atoms with van der Waals surface area (Å²) in [6.07, 6.45) is 16.2. The Labute approximate surface area is 162 Å². The van der Waals surface area contributed by atoms with Gasteiger partial charge >= 0.3 is 0 Å². The summed E-state index contributed by atoms with van der Waals surface area (Å²) in [7, 11) is 0. The first-order chi connectivity index (χ1) is 12.4. The van der Waals surface area contributed by atoms with E-state index in [0.29, 0.717) is 6.61 Å². The van der Waals surface area contributed by atoms with Crippen molar-refractivity contribution in [2.75, 3.05) is 18.1 Å². The second-order valence-electron chi connectivity index (χ2n) is 6.46. The Morgan fingerprint density at radius 1 is 0.640 bits per heavy atom. The minimum absolute atomic E-state index is 0.346. The van der Waals surface area contributed by atoms with Crippen LogP contribution in [0.2, 0.25) is 0 Å². The number of hydrogen-bond donors (Lipinski definition) is 1. The van der Waals surface area contributed by atoms with Crippen LogP contribution >= 0.6 is 11.8 Å². The second-order valence-corrected chi connectivity index (χ2v) is 7.69. The van der Waals surface area contributed by atoms with Crippen LogP contribution in [0, 0.1) is 0 Å². The molecule has 1 aromatic rings. The van der Waals surface area contributed by atoms with Gasteiger partial charge in [0.1, 0.15) is 0 Å². The molecule has 1 rings (SSSR count). The lowest BCUT2D eigenvalue weighted by Gasteiger charge is -2.04. The zero-order valence-electron chi connectivity index (χ0n) is 16.8. The van der Waals surface area contributed by atoms with E-state index in [0.717, 1.165) is 12.2 Å². The summed E-state index contributed by atoms with van der Waals surface area (Å²) in [6.45, 7) is 4.35. The summed E-state index contributed by atoms with van der Waals surface area (Å²) in [5, 5.41) is 8.70. The molecule has 0 fully saturated rings. The zero-order chi connectivity index (χ0) is 18.4. The lowest BCUT2D eigenvalue weighted by Crippen LogP contribution is -1.88. The summed E-state index contributed by atoms with van der Waals surface area (Å²) in [5.41, 5.74) is 1.49. The van der Waals surface area contributed by atoms with Gasteiger partial charge < -0.3 is 5.11 Å². The fourth-order valence-corrected chi connectivity index (χ4v) is 3.81. The SMILES string of the molecule is CC.OCCCSCCCCCCCCCCCCc1ccccc1. The molecule has 0 spiro atoms. The van der Waals surface area contributed by atoms with Crippen molar-refractivity contribution < 1.29 is 5.11 Å². The number of aliphatic hydroxyl groups excluding tert-OH is 1. The topological polar surface area (TPSA) is 20.2 Å². The third kappa shape index (κ3) is 18.1. The quantitative estimate of drug-likeness (QED) is 0.310. The molecule has 2 heteroatoms. The number of aryl methyl sites for hydroxylation is 1. The third-order valence-electron chi connectivity index (χ3n) is 4.29. The normalized spacial score (nSPS) is 10.4. The van der Waals surface area contributed by atoms with Crippen LogP contribution < -0.4 is 0 Å². The van der Waals surface area contributed by atoms with Gasteiger partial charge in [-0.1, -0.05) is 95.5 Å². The Hall–Kier alpha value is -0.470. The lowest BCUT2D eigenvalue weighted by molar-refractivity contribution is 0.296. The molecule has 0 saturated heterocycles. The van der Waals surface area contributed by atoms with Crippen molar-refractivity contribution in [2.24, 2.45) is 0 Å². The molecule has 0 aliphatic heterocycles. The Morgan fingerprint density at radius 3 is 1.68 bits per heavy atom. The molecular weight excluding hydrogens is 324 g/mol. The molecule has 25 heavy (non-hydrogen) atoms. The van der Waals surface area contributed by atoms with Crippen LogP contribution in [-0.4, -0.2) is 23.2 Å². The van der Waals surface area contributed by atoms with Gasteiger partial charge in [0, 0.05) is 6.61 Å². The first-order valence-electron chi connectivity index (χ1n) is 10.7. The molecule has 0 amide bonds. The zero-order valence-corrected chi connectivity index (χ0v) is 17.7. The van der Waals surface area contributed by atoms with Gasteiger partial charge in [0.2, 0.25) is 0 Å². The van der Waals surface area contributed by atoms with E-state index in [1.54, 1.807) is 0 Å². The van der Waals surface area contributed by atoms with E-state index in [4.69, 9.17) is 5.11 Å². The average Bonchev–Trinajstić information content (AvgIpc) is 2.67. The van der Waals surface area contributed by atoms with Crippen molar-refractivity contribution in [2.45, 2.75) is 90.9 Å². The first-order valence-corrected chi connectivity index (χ1v) is 11.8. The Bertz CT molecular complexity index is 339. The van der Waals surface area contributed by atoms with Crippen LogP contribution in [0.15, 0.2) is 30.3 Å². The molecule has 1 aromatic carbocycles. The summed E-state index contributed by atoms with van der Waals surface area (Å²) in [4.78, 5) is 0. The molecule has 0 atom stereocenters. The van der Waals surface area contributed by atoms with Gasteiger partial charge in [-0.25, -0.2) is 0 Å². The van der Waals surface area contributed by atoms with Crippen molar-refractivity contribution >= 4 is 11.8 Å². The smallest absolute Gasteiger partial charge is 0.0438 e. The molecule has 0 bridgehead atoms. The van der Waals surface area contributed by atoms with Crippen LogP contribution in [0.5, 0.6) is 0 Å². The molecule has 0 aliphatic carbocycles. The molecule has 1 nitrogen and oxygen atoms in total. The molecule has 0 aliphatic rings. The molecule has 0 unspecified atom stereocenters. The summed E-state index contributed by atoms with van der Waals surface area (Å²) < 4.78 is 0. The first kappa shape index (κ1) is 24.5. The van der Waals surface area contributed by atoms with Gasteiger partial charge in [0.05, 0.1) is 0 Å². The van der Waals surface area contributed by atoms with Crippen LogP contribution in [-0.2, 0) is 6.42 Å². The highest BCUT2D eigenvalue weighted by molar-refractivity contribution is 7.99. The highest BCUT2D eigenvalue weighted by Crippen LogP contribution is 2.13. The van der Waals surface area contributed by atoms with Crippen LogP contribution in [0.3, 0.4) is 0 Å². The standard InChI is InChI=1S/C21H36OS.C2H6/c22-18-14-20-23-19-13-8-6-4-2-1-3-5-7-10-15-21-16-11-9-12-17-21;1-2/h9,11-12,16-17,22H,1-8,10,13-15,18-20H2;1-2H3. The summed E-state index contributed by atoms with van der Waals surface area (Å²) in [5.74, 6) is 2.40. The van der Waals surface area contributed by atoms with Gasteiger partial charge in [-0.15, -0.1) is 0 Å². The van der Waals surface area contributed by atoms with E-state index in [2.05, 4.69) is 30.3 Å². The fourth-order valence-electron chi connectivity index (χ4n) is 2.86. The van der Waals surface area contributed by atoms with Gasteiger partial charge in [-0.3, -0.25) is 0 Å². The minimum Gasteiger partial charge on any atom is -0.396 e. The van der Waals surface area contributed by atoms with Gasteiger partial charge in [0.15, 0.2) is 0 Å². The maximum absolute atomic E-state index is 8.70. The van der Waals surface area contributed by atoms with Gasteiger partial charge in [-0.2, -0.15) is 11.8 Å². The number of benzene rings is 1. The third-order valence-corrected chi connectivity index (χ3v) is 5.45. The molecule has 0 radical (unpaired) electrons. The fraction of sp³-hybridized carbons (Fsp3) is 0.739.